The molecule has 194 valence electrons. The molecule has 1 fully saturated rings. The van der Waals surface area contributed by atoms with E-state index in [4.69, 9.17) is 0 Å². The van der Waals surface area contributed by atoms with Gasteiger partial charge in [0, 0.05) is 61.5 Å². The highest BCUT2D eigenvalue weighted by Crippen LogP contribution is 2.37. The monoisotopic (exact) mass is 513 g/mol. The van der Waals surface area contributed by atoms with Crippen LogP contribution in [-0.4, -0.2) is 64.6 Å². The van der Waals surface area contributed by atoms with E-state index in [2.05, 4.69) is 4.98 Å². The normalized spacial score (nSPS) is 17.6. The van der Waals surface area contributed by atoms with Gasteiger partial charge in [-0.1, -0.05) is 18.2 Å². The number of hydrogen-bond donors (Lipinski definition) is 2. The molecule has 1 aliphatic rings. The first-order valence-corrected chi connectivity index (χ1v) is 11.5. The van der Waals surface area contributed by atoms with Gasteiger partial charge in [-0.2, -0.15) is 26.3 Å². The number of benzene rings is 2. The number of rotatable bonds is 6. The Morgan fingerprint density at radius 1 is 1.00 bits per heavy atom. The number of para-hydroxylation sites is 1. The molecule has 1 aliphatic heterocycles. The van der Waals surface area contributed by atoms with Gasteiger partial charge in [0.15, 0.2) is 0 Å². The van der Waals surface area contributed by atoms with Crippen molar-refractivity contribution in [1.82, 2.24) is 14.8 Å². The molecule has 1 atom stereocenters. The predicted molar refractivity (Wildman–Crippen MR) is 121 cm³/mol. The van der Waals surface area contributed by atoms with E-state index in [-0.39, 0.29) is 19.2 Å². The lowest BCUT2D eigenvalue weighted by Gasteiger charge is -2.41. The minimum atomic E-state index is -5.04. The van der Waals surface area contributed by atoms with Gasteiger partial charge < -0.3 is 15.0 Å². The van der Waals surface area contributed by atoms with E-state index < -0.39 is 41.0 Å². The van der Waals surface area contributed by atoms with E-state index in [1.807, 2.05) is 29.2 Å². The van der Waals surface area contributed by atoms with Gasteiger partial charge in [-0.05, 0) is 42.7 Å². The molecule has 4 rings (SSSR count). The number of aliphatic hydroxyl groups excluding tert-OH is 1. The van der Waals surface area contributed by atoms with Crippen molar-refractivity contribution in [1.29, 1.82) is 0 Å². The molecule has 5 nitrogen and oxygen atoms in total. The Kier molecular flexibility index (Phi) is 7.33. The summed E-state index contributed by atoms with van der Waals surface area (Å²) in [6.45, 7) is 1.44. The molecule has 0 spiro atoms. The third kappa shape index (κ3) is 5.67. The van der Waals surface area contributed by atoms with Gasteiger partial charge in [0.25, 0.3) is 5.91 Å². The Hall–Kier alpha value is -3.05. The number of halogens is 6. The van der Waals surface area contributed by atoms with Crippen molar-refractivity contribution >= 4 is 16.8 Å². The van der Waals surface area contributed by atoms with Crippen molar-refractivity contribution in [3.63, 3.8) is 0 Å². The summed E-state index contributed by atoms with van der Waals surface area (Å²) in [5, 5.41) is 10.1. The first kappa shape index (κ1) is 26.0. The Bertz CT molecular complexity index is 1190. The first-order chi connectivity index (χ1) is 17.0. The SMILES string of the molecule is O=C(c1cc(C(F)(F)F)cc(C(F)(F)F)c1)N1CCN(CCCO)C[C@H]1Cc1c[nH]c2ccccc12. The fraction of sp³-hybridized carbons (Fsp3) is 0.400. The number of nitrogens with zero attached hydrogens (tertiary/aromatic N) is 2. The Balaban J connectivity index is 1.68. The molecule has 0 aliphatic carbocycles. The molecule has 2 heterocycles. The number of alkyl halides is 6. The van der Waals surface area contributed by atoms with Gasteiger partial charge in [0.1, 0.15) is 0 Å². The fourth-order valence-electron chi connectivity index (χ4n) is 4.66. The molecule has 2 N–H and O–H groups in total. The summed E-state index contributed by atoms with van der Waals surface area (Å²) < 4.78 is 80.2. The molecule has 11 heteroatoms. The summed E-state index contributed by atoms with van der Waals surface area (Å²) in [5.74, 6) is -0.877. The second-order valence-corrected chi connectivity index (χ2v) is 8.89. The standard InChI is InChI=1S/C25H25F6N3O2/c26-24(27,28)18-10-16(11-19(13-18)25(29,30)31)23(36)34-8-7-33(6-3-9-35)15-20(34)12-17-14-32-22-5-2-1-4-21(17)22/h1-2,4-5,10-11,13-14,20,32,35H,3,6-9,12,15H2/t20-/m1/s1. The number of carbonyl (C=O) groups excluding carboxylic acids is 1. The molecule has 1 saturated heterocycles. The lowest BCUT2D eigenvalue weighted by Crippen LogP contribution is -2.56. The Morgan fingerprint density at radius 2 is 1.67 bits per heavy atom. The van der Waals surface area contributed by atoms with Crippen LogP contribution in [0.3, 0.4) is 0 Å². The summed E-state index contributed by atoms with van der Waals surface area (Å²) in [4.78, 5) is 20.0. The van der Waals surface area contributed by atoms with Crippen molar-refractivity contribution in [2.75, 3.05) is 32.8 Å². The Morgan fingerprint density at radius 3 is 2.31 bits per heavy atom. The van der Waals surface area contributed by atoms with Crippen LogP contribution in [0.2, 0.25) is 0 Å². The van der Waals surface area contributed by atoms with Gasteiger partial charge in [-0.15, -0.1) is 0 Å². The van der Waals surface area contributed by atoms with E-state index in [1.165, 1.54) is 4.90 Å². The van der Waals surface area contributed by atoms with Crippen molar-refractivity contribution in [2.24, 2.45) is 0 Å². The zero-order chi connectivity index (χ0) is 26.1. The van der Waals surface area contributed by atoms with Crippen LogP contribution in [0.15, 0.2) is 48.7 Å². The fourth-order valence-corrected chi connectivity index (χ4v) is 4.66. The highest BCUT2D eigenvalue weighted by molar-refractivity contribution is 5.95. The highest BCUT2D eigenvalue weighted by Gasteiger charge is 2.39. The maximum atomic E-state index is 13.4. The molecular weight excluding hydrogens is 488 g/mol. The number of aromatic nitrogens is 1. The minimum absolute atomic E-state index is 0.0171. The van der Waals surface area contributed by atoms with Gasteiger partial charge in [0.2, 0.25) is 0 Å². The number of nitrogens with one attached hydrogen (secondary N) is 1. The van der Waals surface area contributed by atoms with Crippen LogP contribution in [0, 0.1) is 0 Å². The summed E-state index contributed by atoms with van der Waals surface area (Å²) in [7, 11) is 0. The second-order valence-electron chi connectivity index (χ2n) is 8.89. The maximum Gasteiger partial charge on any atom is 0.416 e. The van der Waals surface area contributed by atoms with Gasteiger partial charge in [-0.25, -0.2) is 0 Å². The second kappa shape index (κ2) is 10.1. The van der Waals surface area contributed by atoms with Crippen LogP contribution >= 0.6 is 0 Å². The number of aliphatic hydroxyl groups is 1. The number of piperazine rings is 1. The van der Waals surface area contributed by atoms with Crippen LogP contribution in [-0.2, 0) is 18.8 Å². The van der Waals surface area contributed by atoms with Crippen LogP contribution in [0.25, 0.3) is 10.9 Å². The summed E-state index contributed by atoms with van der Waals surface area (Å²) in [6, 6.07) is 8.01. The Labute approximate surface area is 203 Å². The number of amides is 1. The molecule has 0 bridgehead atoms. The first-order valence-electron chi connectivity index (χ1n) is 11.5. The van der Waals surface area contributed by atoms with Crippen LogP contribution in [0.4, 0.5) is 26.3 Å². The smallest absolute Gasteiger partial charge is 0.396 e. The lowest BCUT2D eigenvalue weighted by molar-refractivity contribution is -0.143. The molecule has 1 amide bonds. The van der Waals surface area contributed by atoms with E-state index in [0.29, 0.717) is 44.6 Å². The average molecular weight is 513 g/mol. The zero-order valence-corrected chi connectivity index (χ0v) is 19.2. The van der Waals surface area contributed by atoms with Crippen molar-refractivity contribution in [2.45, 2.75) is 31.2 Å². The largest absolute Gasteiger partial charge is 0.416 e. The molecular formula is C25H25F6N3O2. The van der Waals surface area contributed by atoms with Gasteiger partial charge in [-0.3, -0.25) is 9.69 Å². The minimum Gasteiger partial charge on any atom is -0.396 e. The summed E-state index contributed by atoms with van der Waals surface area (Å²) in [6.07, 6.45) is -7.41. The predicted octanol–water partition coefficient (Wildman–Crippen LogP) is 4.96. The number of H-pyrrole nitrogens is 1. The van der Waals surface area contributed by atoms with Crippen molar-refractivity contribution < 1.29 is 36.2 Å². The lowest BCUT2D eigenvalue weighted by atomic mass is 9.98. The number of fused-ring (bicyclic) bond motifs is 1. The molecule has 0 unspecified atom stereocenters. The highest BCUT2D eigenvalue weighted by atomic mass is 19.4. The van der Waals surface area contributed by atoms with Gasteiger partial charge in [0.05, 0.1) is 11.1 Å². The maximum absolute atomic E-state index is 13.4. The molecule has 3 aromatic rings. The van der Waals surface area contributed by atoms with Gasteiger partial charge >= 0.3 is 12.4 Å². The summed E-state index contributed by atoms with van der Waals surface area (Å²) in [5.41, 5.74) is -1.92. The van der Waals surface area contributed by atoms with Crippen LogP contribution in [0.5, 0.6) is 0 Å². The number of aromatic amines is 1. The zero-order valence-electron chi connectivity index (χ0n) is 19.2. The third-order valence-corrected chi connectivity index (χ3v) is 6.43. The molecule has 1 aromatic heterocycles. The van der Waals surface area contributed by atoms with Crippen molar-refractivity contribution in [3.05, 3.63) is 70.9 Å². The topological polar surface area (TPSA) is 59.6 Å². The molecule has 0 radical (unpaired) electrons. The summed E-state index contributed by atoms with van der Waals surface area (Å²) >= 11 is 0. The van der Waals surface area contributed by atoms with E-state index in [0.717, 1.165) is 16.5 Å². The number of carbonyl (C=O) groups is 1. The van der Waals surface area contributed by atoms with Crippen molar-refractivity contribution in [3.8, 4) is 0 Å². The molecule has 2 aromatic carbocycles. The van der Waals surface area contributed by atoms with Crippen LogP contribution < -0.4 is 0 Å². The molecule has 0 saturated carbocycles. The van der Waals surface area contributed by atoms with Crippen LogP contribution in [0.1, 0.15) is 33.5 Å². The third-order valence-electron chi connectivity index (χ3n) is 6.43. The van der Waals surface area contributed by atoms with E-state index in [1.54, 1.807) is 6.20 Å². The average Bonchev–Trinajstić information content (AvgIpc) is 3.24. The van der Waals surface area contributed by atoms with E-state index >= 15 is 0 Å². The number of hydrogen-bond acceptors (Lipinski definition) is 3. The molecule has 36 heavy (non-hydrogen) atoms. The quantitative estimate of drug-likeness (QED) is 0.459. The van der Waals surface area contributed by atoms with E-state index in [9.17, 15) is 36.2 Å².